The number of halogens is 1. The Labute approximate surface area is 106 Å². The van der Waals surface area contributed by atoms with Gasteiger partial charge in [0.15, 0.2) is 0 Å². The highest BCUT2D eigenvalue weighted by Crippen LogP contribution is 2.13. The summed E-state index contributed by atoms with van der Waals surface area (Å²) in [6.07, 6.45) is 0. The standard InChI is InChI=1S/C13H19FN2O2/c1-4-18-13(2,3)8-16-12(17)10-7-9(15)5-6-11(10)14/h5-7H,4,8,15H2,1-3H3,(H,16,17). The second-order valence-electron chi connectivity index (χ2n) is 4.61. The summed E-state index contributed by atoms with van der Waals surface area (Å²) in [5.74, 6) is -1.08. The Bertz CT molecular complexity index is 433. The highest BCUT2D eigenvalue weighted by atomic mass is 19.1. The molecular weight excluding hydrogens is 235 g/mol. The number of amides is 1. The molecule has 1 aromatic carbocycles. The summed E-state index contributed by atoms with van der Waals surface area (Å²) in [5.41, 5.74) is 5.34. The second-order valence-corrected chi connectivity index (χ2v) is 4.61. The van der Waals surface area contributed by atoms with Crippen molar-refractivity contribution in [2.24, 2.45) is 0 Å². The van der Waals surface area contributed by atoms with E-state index in [1.165, 1.54) is 18.2 Å². The Balaban J connectivity index is 2.69. The Morgan fingerprint density at radius 2 is 2.17 bits per heavy atom. The fraction of sp³-hybridized carbons (Fsp3) is 0.462. The first-order valence-electron chi connectivity index (χ1n) is 5.83. The van der Waals surface area contributed by atoms with Gasteiger partial charge in [0.05, 0.1) is 11.2 Å². The molecule has 0 bridgehead atoms. The SMILES string of the molecule is CCOC(C)(C)CNC(=O)c1cc(N)ccc1F. The number of anilines is 1. The monoisotopic (exact) mass is 254 g/mol. The van der Waals surface area contributed by atoms with E-state index in [0.29, 0.717) is 18.8 Å². The van der Waals surface area contributed by atoms with E-state index >= 15 is 0 Å². The van der Waals surface area contributed by atoms with Crippen LogP contribution in [0.15, 0.2) is 18.2 Å². The topological polar surface area (TPSA) is 64.3 Å². The summed E-state index contributed by atoms with van der Waals surface area (Å²) in [5, 5.41) is 2.63. The van der Waals surface area contributed by atoms with Crippen LogP contribution < -0.4 is 11.1 Å². The summed E-state index contributed by atoms with van der Waals surface area (Å²) >= 11 is 0. The molecule has 1 aromatic rings. The largest absolute Gasteiger partial charge is 0.399 e. The van der Waals surface area contributed by atoms with Gasteiger partial charge in [-0.05, 0) is 39.0 Å². The summed E-state index contributed by atoms with van der Waals surface area (Å²) in [6.45, 7) is 6.43. The smallest absolute Gasteiger partial charge is 0.254 e. The maximum Gasteiger partial charge on any atom is 0.254 e. The van der Waals surface area contributed by atoms with Crippen LogP contribution in [-0.4, -0.2) is 24.7 Å². The van der Waals surface area contributed by atoms with Gasteiger partial charge in [-0.2, -0.15) is 0 Å². The number of rotatable bonds is 5. The van der Waals surface area contributed by atoms with Crippen LogP contribution in [0.5, 0.6) is 0 Å². The van der Waals surface area contributed by atoms with Gasteiger partial charge in [0.1, 0.15) is 5.82 Å². The first-order valence-corrected chi connectivity index (χ1v) is 5.83. The lowest BCUT2D eigenvalue weighted by atomic mass is 10.1. The van der Waals surface area contributed by atoms with Crippen molar-refractivity contribution in [1.82, 2.24) is 5.32 Å². The third-order valence-electron chi connectivity index (χ3n) is 2.44. The minimum absolute atomic E-state index is 0.0534. The maximum atomic E-state index is 13.4. The Morgan fingerprint density at radius 1 is 1.50 bits per heavy atom. The van der Waals surface area contributed by atoms with Crippen LogP contribution in [0.4, 0.5) is 10.1 Å². The molecule has 0 unspecified atom stereocenters. The van der Waals surface area contributed by atoms with Gasteiger partial charge in [0.2, 0.25) is 0 Å². The van der Waals surface area contributed by atoms with E-state index in [4.69, 9.17) is 10.5 Å². The number of hydrogen-bond donors (Lipinski definition) is 2. The van der Waals surface area contributed by atoms with E-state index in [9.17, 15) is 9.18 Å². The minimum atomic E-state index is -0.587. The van der Waals surface area contributed by atoms with Crippen molar-refractivity contribution in [3.63, 3.8) is 0 Å². The zero-order valence-electron chi connectivity index (χ0n) is 10.9. The molecule has 100 valence electrons. The number of nitrogens with two attached hydrogens (primary N) is 1. The molecule has 0 aliphatic rings. The van der Waals surface area contributed by atoms with Crippen molar-refractivity contribution in [1.29, 1.82) is 0 Å². The molecule has 18 heavy (non-hydrogen) atoms. The molecule has 4 nitrogen and oxygen atoms in total. The lowest BCUT2D eigenvalue weighted by molar-refractivity contribution is -0.00818. The summed E-state index contributed by atoms with van der Waals surface area (Å²) < 4.78 is 18.9. The number of nitrogen functional groups attached to an aromatic ring is 1. The van der Waals surface area contributed by atoms with Gasteiger partial charge in [-0.25, -0.2) is 4.39 Å². The molecule has 5 heteroatoms. The predicted molar refractivity (Wildman–Crippen MR) is 68.9 cm³/mol. The van der Waals surface area contributed by atoms with Gasteiger partial charge in [-0.1, -0.05) is 0 Å². The van der Waals surface area contributed by atoms with Crippen molar-refractivity contribution in [2.45, 2.75) is 26.4 Å². The van der Waals surface area contributed by atoms with Gasteiger partial charge in [0, 0.05) is 18.8 Å². The molecule has 1 amide bonds. The maximum absolute atomic E-state index is 13.4. The number of benzene rings is 1. The van der Waals surface area contributed by atoms with Gasteiger partial charge in [0.25, 0.3) is 5.91 Å². The number of carbonyl (C=O) groups excluding carboxylic acids is 1. The Hall–Kier alpha value is -1.62. The van der Waals surface area contributed by atoms with E-state index in [2.05, 4.69) is 5.32 Å². The molecule has 0 heterocycles. The molecule has 0 saturated carbocycles. The Morgan fingerprint density at radius 3 is 2.78 bits per heavy atom. The normalized spacial score (nSPS) is 11.3. The third kappa shape index (κ3) is 4.00. The third-order valence-corrected chi connectivity index (χ3v) is 2.44. The molecule has 0 radical (unpaired) electrons. The van der Waals surface area contributed by atoms with E-state index in [0.717, 1.165) is 0 Å². The minimum Gasteiger partial charge on any atom is -0.399 e. The molecule has 0 spiro atoms. The summed E-state index contributed by atoms with van der Waals surface area (Å²) in [7, 11) is 0. The van der Waals surface area contributed by atoms with Gasteiger partial charge in [-0.3, -0.25) is 4.79 Å². The van der Waals surface area contributed by atoms with Crippen molar-refractivity contribution in [3.05, 3.63) is 29.6 Å². The van der Waals surface area contributed by atoms with Crippen LogP contribution in [0.25, 0.3) is 0 Å². The van der Waals surface area contributed by atoms with Crippen LogP contribution in [0.1, 0.15) is 31.1 Å². The van der Waals surface area contributed by atoms with Gasteiger partial charge in [-0.15, -0.1) is 0 Å². The van der Waals surface area contributed by atoms with Gasteiger partial charge < -0.3 is 15.8 Å². The van der Waals surface area contributed by atoms with Crippen molar-refractivity contribution >= 4 is 11.6 Å². The average molecular weight is 254 g/mol. The second kappa shape index (κ2) is 5.82. The lowest BCUT2D eigenvalue weighted by Gasteiger charge is -2.24. The van der Waals surface area contributed by atoms with E-state index in [1.54, 1.807) is 0 Å². The molecule has 0 aliphatic heterocycles. The fourth-order valence-corrected chi connectivity index (χ4v) is 1.55. The average Bonchev–Trinajstić information content (AvgIpc) is 2.29. The highest BCUT2D eigenvalue weighted by Gasteiger charge is 2.20. The predicted octanol–water partition coefficient (Wildman–Crippen LogP) is 1.95. The van der Waals surface area contributed by atoms with Crippen LogP contribution in [0.2, 0.25) is 0 Å². The molecule has 0 aliphatic carbocycles. The van der Waals surface area contributed by atoms with Crippen LogP contribution in [0.3, 0.4) is 0 Å². The van der Waals surface area contributed by atoms with E-state index < -0.39 is 17.3 Å². The van der Waals surface area contributed by atoms with E-state index in [1.807, 2.05) is 20.8 Å². The zero-order valence-corrected chi connectivity index (χ0v) is 10.9. The molecule has 0 atom stereocenters. The first kappa shape index (κ1) is 14.4. The first-order chi connectivity index (χ1) is 8.35. The zero-order chi connectivity index (χ0) is 13.8. The fourth-order valence-electron chi connectivity index (χ4n) is 1.55. The number of carbonyl (C=O) groups is 1. The van der Waals surface area contributed by atoms with Crippen LogP contribution in [0, 0.1) is 5.82 Å². The van der Waals surface area contributed by atoms with Crippen molar-refractivity contribution < 1.29 is 13.9 Å². The highest BCUT2D eigenvalue weighted by molar-refractivity contribution is 5.95. The molecule has 1 rings (SSSR count). The molecular formula is C13H19FN2O2. The number of ether oxygens (including phenoxy) is 1. The molecule has 3 N–H and O–H groups in total. The van der Waals surface area contributed by atoms with E-state index in [-0.39, 0.29) is 5.56 Å². The molecule has 0 saturated heterocycles. The summed E-state index contributed by atoms with van der Waals surface area (Å²) in [4.78, 5) is 11.8. The Kier molecular flexibility index (Phi) is 4.67. The van der Waals surface area contributed by atoms with Crippen LogP contribution >= 0.6 is 0 Å². The summed E-state index contributed by atoms with van der Waals surface area (Å²) in [6, 6.07) is 3.91. The molecule has 0 aromatic heterocycles. The van der Waals surface area contributed by atoms with Crippen molar-refractivity contribution in [2.75, 3.05) is 18.9 Å². The molecule has 0 fully saturated rings. The number of hydrogen-bond acceptors (Lipinski definition) is 3. The van der Waals surface area contributed by atoms with Gasteiger partial charge >= 0.3 is 0 Å². The van der Waals surface area contributed by atoms with Crippen LogP contribution in [-0.2, 0) is 4.74 Å². The number of nitrogens with one attached hydrogen (secondary N) is 1. The lowest BCUT2D eigenvalue weighted by Crippen LogP contribution is -2.40. The quantitative estimate of drug-likeness (QED) is 0.789. The van der Waals surface area contributed by atoms with Crippen molar-refractivity contribution in [3.8, 4) is 0 Å².